The Labute approximate surface area is 235 Å². The van der Waals surface area contributed by atoms with Crippen LogP contribution in [-0.4, -0.2) is 40.3 Å². The summed E-state index contributed by atoms with van der Waals surface area (Å²) in [4.78, 5) is 53.0. The Hall–Kier alpha value is -4.66. The SMILES string of the molecule is O=C1S/C(=C\c2ccc(S(=O)(=O)Nc3nc(-c4ccccc4)cs3)cc2)C(=O)N1C(=O)c1cccc([N+](=O)[O-])c1. The van der Waals surface area contributed by atoms with Crippen LogP contribution in [0.15, 0.2) is 94.0 Å². The van der Waals surface area contributed by atoms with Crippen molar-refractivity contribution in [2.24, 2.45) is 0 Å². The largest absolute Gasteiger partial charge is 0.300 e. The number of aromatic nitrogens is 1. The zero-order valence-electron chi connectivity index (χ0n) is 20.1. The third kappa shape index (κ3) is 5.54. The summed E-state index contributed by atoms with van der Waals surface area (Å²) in [5.74, 6) is -1.87. The number of thiazole rings is 1. The lowest BCUT2D eigenvalue weighted by atomic mass is 10.1. The normalized spacial score (nSPS) is 14.5. The number of nitro benzene ring substituents is 1. The number of non-ortho nitro benzene ring substituents is 1. The fraction of sp³-hybridized carbons (Fsp3) is 0. The van der Waals surface area contributed by atoms with Crippen molar-refractivity contribution in [3.63, 3.8) is 0 Å². The van der Waals surface area contributed by atoms with Crippen LogP contribution in [-0.2, 0) is 14.8 Å². The highest BCUT2D eigenvalue weighted by Gasteiger charge is 2.40. The van der Waals surface area contributed by atoms with Gasteiger partial charge in [0.25, 0.3) is 27.5 Å². The van der Waals surface area contributed by atoms with Gasteiger partial charge >= 0.3 is 5.24 Å². The summed E-state index contributed by atoms with van der Waals surface area (Å²) in [5.41, 5.74) is 1.36. The van der Waals surface area contributed by atoms with Crippen molar-refractivity contribution in [1.29, 1.82) is 0 Å². The molecule has 200 valence electrons. The van der Waals surface area contributed by atoms with Crippen molar-refractivity contribution < 1.29 is 27.7 Å². The van der Waals surface area contributed by atoms with E-state index in [0.717, 1.165) is 23.0 Å². The number of hydrogen-bond acceptors (Lipinski definition) is 10. The molecular formula is C26H16N4O7S3. The van der Waals surface area contributed by atoms with E-state index in [2.05, 4.69) is 9.71 Å². The number of benzene rings is 3. The number of sulfonamides is 1. The molecule has 0 radical (unpaired) electrons. The predicted octanol–water partition coefficient (Wildman–Crippen LogP) is 5.40. The van der Waals surface area contributed by atoms with Crippen LogP contribution in [0.5, 0.6) is 0 Å². The minimum atomic E-state index is -3.96. The lowest BCUT2D eigenvalue weighted by Gasteiger charge is -2.10. The number of thioether (sulfide) groups is 1. The summed E-state index contributed by atoms with van der Waals surface area (Å²) in [6.07, 6.45) is 1.35. The van der Waals surface area contributed by atoms with E-state index in [1.165, 1.54) is 48.5 Å². The van der Waals surface area contributed by atoms with Crippen molar-refractivity contribution >= 4 is 67.1 Å². The van der Waals surface area contributed by atoms with Crippen LogP contribution in [0.1, 0.15) is 15.9 Å². The molecule has 0 unspecified atom stereocenters. The molecule has 1 N–H and O–H groups in total. The second kappa shape index (κ2) is 10.8. The summed E-state index contributed by atoms with van der Waals surface area (Å²) in [7, 11) is -3.96. The number of anilines is 1. The molecule has 3 amide bonds. The first-order valence-electron chi connectivity index (χ1n) is 11.3. The van der Waals surface area contributed by atoms with Crippen molar-refractivity contribution in [3.8, 4) is 11.3 Å². The van der Waals surface area contributed by atoms with Gasteiger partial charge in [0, 0.05) is 28.6 Å². The van der Waals surface area contributed by atoms with E-state index in [4.69, 9.17) is 0 Å². The molecule has 1 aromatic heterocycles. The highest BCUT2D eigenvalue weighted by Crippen LogP contribution is 2.34. The number of nitrogens with one attached hydrogen (secondary N) is 1. The monoisotopic (exact) mass is 592 g/mol. The average Bonchev–Trinajstić information content (AvgIpc) is 3.52. The molecular weight excluding hydrogens is 577 g/mol. The second-order valence-corrected chi connectivity index (χ2v) is 11.7. The van der Waals surface area contributed by atoms with Crippen LogP contribution in [0.2, 0.25) is 0 Å². The van der Waals surface area contributed by atoms with Crippen LogP contribution in [0.4, 0.5) is 15.6 Å². The Kier molecular flexibility index (Phi) is 7.30. The summed E-state index contributed by atoms with van der Waals surface area (Å²) in [6.45, 7) is 0. The molecule has 1 saturated heterocycles. The number of nitrogens with zero attached hydrogens (tertiary/aromatic N) is 3. The van der Waals surface area contributed by atoms with E-state index in [0.29, 0.717) is 27.9 Å². The zero-order chi connectivity index (χ0) is 28.4. The maximum absolute atomic E-state index is 12.9. The first-order chi connectivity index (χ1) is 19.1. The molecule has 11 nitrogen and oxygen atoms in total. The molecule has 0 bridgehead atoms. The Morgan fingerprint density at radius 3 is 2.42 bits per heavy atom. The van der Waals surface area contributed by atoms with Crippen molar-refractivity contribution in [2.75, 3.05) is 4.72 Å². The Balaban J connectivity index is 1.30. The molecule has 1 aliphatic rings. The van der Waals surface area contributed by atoms with Crippen LogP contribution in [0, 0.1) is 10.1 Å². The lowest BCUT2D eigenvalue weighted by Crippen LogP contribution is -2.34. The maximum Gasteiger partial charge on any atom is 0.300 e. The summed E-state index contributed by atoms with van der Waals surface area (Å²) < 4.78 is 28.2. The molecule has 4 aromatic rings. The molecule has 3 aromatic carbocycles. The smallest absolute Gasteiger partial charge is 0.268 e. The number of amides is 3. The van der Waals surface area contributed by atoms with Crippen molar-refractivity contribution in [2.45, 2.75) is 4.90 Å². The topological polar surface area (TPSA) is 157 Å². The molecule has 1 aliphatic heterocycles. The minimum absolute atomic E-state index is 0.0462. The standard InChI is InChI=1S/C26H16N4O7S3/c31-23(18-7-4-8-19(14-18)30(34)35)29-24(32)22(39-26(29)33)13-16-9-11-20(12-10-16)40(36,37)28-25-27-21(15-38-25)17-5-2-1-3-6-17/h1-15H,(H,27,28)/b22-13-. The van der Waals surface area contributed by atoms with Gasteiger partial charge in [-0.3, -0.25) is 29.2 Å². The van der Waals surface area contributed by atoms with E-state index in [1.807, 2.05) is 30.3 Å². The van der Waals surface area contributed by atoms with Crippen LogP contribution >= 0.6 is 23.1 Å². The number of nitro groups is 1. The highest BCUT2D eigenvalue weighted by molar-refractivity contribution is 8.18. The first-order valence-corrected chi connectivity index (χ1v) is 14.5. The summed E-state index contributed by atoms with van der Waals surface area (Å²) in [5, 5.41) is 12.1. The third-order valence-corrected chi connectivity index (χ3v) is 8.70. The maximum atomic E-state index is 12.9. The molecule has 1 fully saturated rings. The number of rotatable bonds is 7. The Morgan fingerprint density at radius 1 is 1.00 bits per heavy atom. The van der Waals surface area contributed by atoms with E-state index in [-0.39, 0.29) is 26.2 Å². The summed E-state index contributed by atoms with van der Waals surface area (Å²) in [6, 6.07) is 19.6. The third-order valence-electron chi connectivity index (χ3n) is 5.58. The quantitative estimate of drug-likeness (QED) is 0.128. The van der Waals surface area contributed by atoms with Crippen LogP contribution in [0.25, 0.3) is 17.3 Å². The Morgan fingerprint density at radius 2 is 1.73 bits per heavy atom. The lowest BCUT2D eigenvalue weighted by molar-refractivity contribution is -0.384. The number of imide groups is 3. The first kappa shape index (κ1) is 26.9. The molecule has 0 aliphatic carbocycles. The van der Waals surface area contributed by atoms with E-state index in [1.54, 1.807) is 5.38 Å². The van der Waals surface area contributed by atoms with Gasteiger partial charge in [-0.25, -0.2) is 18.3 Å². The van der Waals surface area contributed by atoms with Gasteiger partial charge in [0.15, 0.2) is 5.13 Å². The molecule has 2 heterocycles. The van der Waals surface area contributed by atoms with Gasteiger partial charge in [0.2, 0.25) is 0 Å². The van der Waals surface area contributed by atoms with Gasteiger partial charge < -0.3 is 0 Å². The fourth-order valence-corrected chi connectivity index (χ4v) is 6.45. The molecule has 5 rings (SSSR count). The number of hydrogen-bond donors (Lipinski definition) is 1. The number of carbonyl (C=O) groups excluding carboxylic acids is 3. The van der Waals surface area contributed by atoms with Gasteiger partial charge in [0.05, 0.1) is 20.4 Å². The van der Waals surface area contributed by atoms with Crippen molar-refractivity contribution in [1.82, 2.24) is 9.88 Å². The molecule has 0 spiro atoms. The van der Waals surface area contributed by atoms with E-state index in [9.17, 15) is 32.9 Å². The molecule has 0 saturated carbocycles. The average molecular weight is 593 g/mol. The second-order valence-electron chi connectivity index (χ2n) is 8.21. The summed E-state index contributed by atoms with van der Waals surface area (Å²) >= 11 is 1.67. The van der Waals surface area contributed by atoms with E-state index < -0.39 is 32.0 Å². The highest BCUT2D eigenvalue weighted by atomic mass is 32.2. The van der Waals surface area contributed by atoms with Gasteiger partial charge in [-0.1, -0.05) is 48.5 Å². The van der Waals surface area contributed by atoms with Gasteiger partial charge in [0.1, 0.15) is 0 Å². The van der Waals surface area contributed by atoms with Gasteiger partial charge in [-0.2, -0.15) is 0 Å². The fourth-order valence-electron chi connectivity index (χ4n) is 3.65. The minimum Gasteiger partial charge on any atom is -0.268 e. The molecule has 40 heavy (non-hydrogen) atoms. The van der Waals surface area contributed by atoms with Crippen LogP contribution < -0.4 is 4.72 Å². The number of carbonyl (C=O) groups is 3. The Bertz CT molecular complexity index is 1800. The van der Waals surface area contributed by atoms with E-state index >= 15 is 0 Å². The van der Waals surface area contributed by atoms with Crippen molar-refractivity contribution in [3.05, 3.63) is 110 Å². The molecule has 14 heteroatoms. The molecule has 0 atom stereocenters. The predicted molar refractivity (Wildman–Crippen MR) is 150 cm³/mol. The van der Waals surface area contributed by atoms with Crippen LogP contribution in [0.3, 0.4) is 0 Å². The zero-order valence-corrected chi connectivity index (χ0v) is 22.5. The van der Waals surface area contributed by atoms with Gasteiger partial charge in [-0.15, -0.1) is 11.3 Å². The van der Waals surface area contributed by atoms with Gasteiger partial charge in [-0.05, 0) is 41.6 Å².